The maximum Gasteiger partial charge on any atom is 0.331 e. The average Bonchev–Trinajstić information content (AvgIpc) is 2.45. The smallest absolute Gasteiger partial charge is 0.331 e. The second-order valence-electron chi connectivity index (χ2n) is 5.92. The van der Waals surface area contributed by atoms with Crippen molar-refractivity contribution in [2.24, 2.45) is 5.92 Å². The van der Waals surface area contributed by atoms with Gasteiger partial charge in [-0.25, -0.2) is 4.79 Å². The van der Waals surface area contributed by atoms with Crippen molar-refractivity contribution in [3.05, 3.63) is 42.0 Å². The van der Waals surface area contributed by atoms with E-state index in [4.69, 9.17) is 0 Å². The Bertz CT molecular complexity index is 569. The van der Waals surface area contributed by atoms with Gasteiger partial charge in [-0.1, -0.05) is 38.1 Å². The highest BCUT2D eigenvalue weighted by Gasteiger charge is 2.24. The number of aliphatic carboxylic acids is 1. The summed E-state index contributed by atoms with van der Waals surface area (Å²) in [6.45, 7) is 3.71. The van der Waals surface area contributed by atoms with Crippen LogP contribution in [0, 0.1) is 5.92 Å². The average molecular weight is 356 g/mol. The van der Waals surface area contributed by atoms with Crippen molar-refractivity contribution in [3.8, 4) is 0 Å². The quantitative estimate of drug-likeness (QED) is 0.279. The number of carboxylic acids is 1. The van der Waals surface area contributed by atoms with Crippen molar-refractivity contribution in [1.82, 2.24) is 0 Å². The van der Waals surface area contributed by atoms with Crippen molar-refractivity contribution in [3.63, 3.8) is 0 Å². The van der Waals surface area contributed by atoms with Crippen LogP contribution in [-0.2, 0) is 9.36 Å². The van der Waals surface area contributed by atoms with Crippen LogP contribution in [0.1, 0.15) is 26.7 Å². The number of unbranched alkanes of at least 4 members (excludes halogenated alkanes) is 1. The molecule has 2 N–H and O–H groups in total. The molecule has 0 heterocycles. The van der Waals surface area contributed by atoms with E-state index in [1.165, 1.54) is 4.90 Å². The van der Waals surface area contributed by atoms with E-state index in [-0.39, 0.29) is 23.8 Å². The van der Waals surface area contributed by atoms with Crippen LogP contribution < -0.4 is 0 Å². The van der Waals surface area contributed by atoms with Gasteiger partial charge in [0.25, 0.3) is 0 Å². The first-order chi connectivity index (χ1) is 10.8. The number of thioether (sulfide) groups is 1. The van der Waals surface area contributed by atoms with E-state index in [0.717, 1.165) is 12.2 Å². The lowest BCUT2D eigenvalue weighted by molar-refractivity contribution is -0.132. The topological polar surface area (TPSA) is 74.6 Å². The molecule has 0 radical (unpaired) electrons. The first kappa shape index (κ1) is 20.0. The maximum atomic E-state index is 12.1. The summed E-state index contributed by atoms with van der Waals surface area (Å²) in [5.74, 6) is -0.141. The summed E-state index contributed by atoms with van der Waals surface area (Å²) in [6, 6.07) is 10.0. The zero-order chi connectivity index (χ0) is 17.3. The SMILES string of the molecule is CC(C)CP(=O)(O)CC(=CCCCSc1ccccc1)C(=O)O. The monoisotopic (exact) mass is 356 g/mol. The third-order valence-electron chi connectivity index (χ3n) is 3.09. The van der Waals surface area contributed by atoms with Gasteiger partial charge < -0.3 is 10.00 Å². The number of allylic oxidation sites excluding steroid dienone is 1. The van der Waals surface area contributed by atoms with Gasteiger partial charge in [0.15, 0.2) is 0 Å². The van der Waals surface area contributed by atoms with E-state index in [9.17, 15) is 19.4 Å². The van der Waals surface area contributed by atoms with E-state index in [1.54, 1.807) is 17.8 Å². The first-order valence-corrected chi connectivity index (χ1v) is 10.7. The summed E-state index contributed by atoms with van der Waals surface area (Å²) in [5.41, 5.74) is 0.0567. The van der Waals surface area contributed by atoms with Crippen LogP contribution in [0.25, 0.3) is 0 Å². The van der Waals surface area contributed by atoms with E-state index >= 15 is 0 Å². The summed E-state index contributed by atoms with van der Waals surface area (Å²) < 4.78 is 12.1. The lowest BCUT2D eigenvalue weighted by Gasteiger charge is -2.14. The molecular formula is C17H25O4PS. The molecule has 0 bridgehead atoms. The van der Waals surface area contributed by atoms with E-state index in [0.29, 0.717) is 6.42 Å². The number of hydrogen-bond acceptors (Lipinski definition) is 3. The molecule has 128 valence electrons. The minimum atomic E-state index is -3.42. The highest BCUT2D eigenvalue weighted by molar-refractivity contribution is 7.99. The molecule has 4 nitrogen and oxygen atoms in total. The Hall–Kier alpha value is -1.03. The predicted molar refractivity (Wildman–Crippen MR) is 96.5 cm³/mol. The Balaban J connectivity index is 2.46. The fourth-order valence-corrected chi connectivity index (χ4v) is 5.15. The van der Waals surface area contributed by atoms with Gasteiger partial charge in [0.2, 0.25) is 7.37 Å². The summed E-state index contributed by atoms with van der Waals surface area (Å²) >= 11 is 1.72. The standard InChI is InChI=1S/C17H25O4PS/c1-14(2)12-22(20,21)13-15(17(18)19)8-6-7-11-23-16-9-4-3-5-10-16/h3-5,8-10,14H,6-7,11-13H2,1-2H3,(H,18,19)(H,20,21). The summed E-state index contributed by atoms with van der Waals surface area (Å²) in [4.78, 5) is 22.3. The van der Waals surface area contributed by atoms with Gasteiger partial charge in [0, 0.05) is 16.6 Å². The zero-order valence-corrected chi connectivity index (χ0v) is 15.4. The Morgan fingerprint density at radius 1 is 1.30 bits per heavy atom. The Morgan fingerprint density at radius 2 is 1.96 bits per heavy atom. The molecule has 0 amide bonds. The van der Waals surface area contributed by atoms with Crippen LogP contribution in [-0.4, -0.2) is 34.0 Å². The van der Waals surface area contributed by atoms with Gasteiger partial charge >= 0.3 is 5.97 Å². The zero-order valence-electron chi connectivity index (χ0n) is 13.6. The van der Waals surface area contributed by atoms with Crippen molar-refractivity contribution in [2.75, 3.05) is 18.1 Å². The molecule has 0 aliphatic heterocycles. The molecule has 0 spiro atoms. The Kier molecular flexibility index (Phi) is 8.67. The largest absolute Gasteiger partial charge is 0.478 e. The summed E-state index contributed by atoms with van der Waals surface area (Å²) in [5, 5.41) is 9.20. The number of rotatable bonds is 10. The van der Waals surface area contributed by atoms with Crippen LogP contribution in [0.15, 0.2) is 46.9 Å². The van der Waals surface area contributed by atoms with Gasteiger partial charge in [-0.3, -0.25) is 4.57 Å². The second-order valence-corrected chi connectivity index (χ2v) is 9.46. The van der Waals surface area contributed by atoms with Crippen molar-refractivity contribution in [1.29, 1.82) is 0 Å². The lowest BCUT2D eigenvalue weighted by atomic mass is 10.2. The van der Waals surface area contributed by atoms with Crippen molar-refractivity contribution in [2.45, 2.75) is 31.6 Å². The number of carbonyl (C=O) groups is 1. The molecule has 23 heavy (non-hydrogen) atoms. The minimum Gasteiger partial charge on any atom is -0.478 e. The molecule has 1 atom stereocenters. The number of hydrogen-bond donors (Lipinski definition) is 2. The maximum absolute atomic E-state index is 12.1. The molecule has 0 aliphatic carbocycles. The highest BCUT2D eigenvalue weighted by atomic mass is 32.2. The molecule has 6 heteroatoms. The third kappa shape index (κ3) is 8.99. The van der Waals surface area contributed by atoms with Gasteiger partial charge in [-0.15, -0.1) is 11.8 Å². The van der Waals surface area contributed by atoms with E-state index in [1.807, 2.05) is 44.2 Å². The number of benzene rings is 1. The van der Waals surface area contributed by atoms with Gasteiger partial charge in [-0.05, 0) is 36.6 Å². The molecule has 0 saturated carbocycles. The van der Waals surface area contributed by atoms with Gasteiger partial charge in [-0.2, -0.15) is 0 Å². The van der Waals surface area contributed by atoms with Crippen LogP contribution in [0.2, 0.25) is 0 Å². The lowest BCUT2D eigenvalue weighted by Crippen LogP contribution is -2.09. The van der Waals surface area contributed by atoms with Gasteiger partial charge in [0.1, 0.15) is 0 Å². The molecule has 0 aliphatic rings. The first-order valence-electron chi connectivity index (χ1n) is 7.71. The fourth-order valence-electron chi connectivity index (χ4n) is 2.19. The number of carboxylic acid groups (broad SMARTS) is 1. The fraction of sp³-hybridized carbons (Fsp3) is 0.471. The molecule has 1 aromatic rings. The van der Waals surface area contributed by atoms with Crippen LogP contribution in [0.3, 0.4) is 0 Å². The van der Waals surface area contributed by atoms with E-state index < -0.39 is 13.3 Å². The molecule has 1 unspecified atom stereocenters. The highest BCUT2D eigenvalue weighted by Crippen LogP contribution is 2.44. The normalized spacial score (nSPS) is 14.7. The second kappa shape index (κ2) is 9.96. The molecule has 0 fully saturated rings. The van der Waals surface area contributed by atoms with E-state index in [2.05, 4.69) is 0 Å². The van der Waals surface area contributed by atoms with Crippen LogP contribution >= 0.6 is 19.1 Å². The summed E-state index contributed by atoms with van der Waals surface area (Å²) in [6.07, 6.45) is 2.93. The third-order valence-corrected chi connectivity index (χ3v) is 6.33. The van der Waals surface area contributed by atoms with Crippen molar-refractivity contribution >= 4 is 25.1 Å². The molecular weight excluding hydrogens is 331 g/mol. The van der Waals surface area contributed by atoms with Crippen molar-refractivity contribution < 1.29 is 19.4 Å². The molecule has 1 aromatic carbocycles. The summed E-state index contributed by atoms with van der Waals surface area (Å²) in [7, 11) is -3.42. The molecule has 0 aromatic heterocycles. The Labute approximate surface area is 142 Å². The molecule has 0 saturated heterocycles. The Morgan fingerprint density at radius 3 is 2.52 bits per heavy atom. The predicted octanol–water partition coefficient (Wildman–Crippen LogP) is 4.50. The van der Waals surface area contributed by atoms with Crippen LogP contribution in [0.5, 0.6) is 0 Å². The van der Waals surface area contributed by atoms with Gasteiger partial charge in [0.05, 0.1) is 6.16 Å². The molecule has 1 rings (SSSR count). The van der Waals surface area contributed by atoms with Crippen LogP contribution in [0.4, 0.5) is 0 Å². The minimum absolute atomic E-state index is 0.0567.